The fraction of sp³-hybridized carbons (Fsp3) is 0.500. The summed E-state index contributed by atoms with van der Waals surface area (Å²) in [6.07, 6.45) is 0.584. The normalized spacial score (nSPS) is 12.2. The van der Waals surface area contributed by atoms with Gasteiger partial charge in [-0.3, -0.25) is 4.79 Å². The number of carbonyl (C=O) groups is 1. The molecule has 0 bridgehead atoms. The van der Waals surface area contributed by atoms with Crippen LogP contribution in [-0.4, -0.2) is 23.7 Å². The van der Waals surface area contributed by atoms with Crippen LogP contribution in [0.4, 0.5) is 0 Å². The van der Waals surface area contributed by atoms with Crippen molar-refractivity contribution in [2.45, 2.75) is 39.7 Å². The van der Waals surface area contributed by atoms with Gasteiger partial charge in [0.25, 0.3) is 0 Å². The second kappa shape index (κ2) is 6.40. The van der Waals surface area contributed by atoms with E-state index >= 15 is 0 Å². The summed E-state index contributed by atoms with van der Waals surface area (Å²) < 4.78 is 0. The number of aliphatic hydroxyl groups excluding tert-OH is 1. The first kappa shape index (κ1) is 13.7. The topological polar surface area (TPSA) is 49.3 Å². The summed E-state index contributed by atoms with van der Waals surface area (Å²) in [5, 5.41) is 12.1. The molecule has 3 heteroatoms. The maximum Gasteiger partial charge on any atom is 0.224 e. The van der Waals surface area contributed by atoms with Gasteiger partial charge in [-0.15, -0.1) is 0 Å². The molecule has 3 nitrogen and oxygen atoms in total. The SMILES string of the molecule is CCC(O)CNC(=O)Cc1ccc(C)c(C)c1. The van der Waals surface area contributed by atoms with Crippen molar-refractivity contribution in [3.63, 3.8) is 0 Å². The first-order chi connectivity index (χ1) is 8.02. The van der Waals surface area contributed by atoms with Crippen LogP contribution in [0.25, 0.3) is 0 Å². The summed E-state index contributed by atoms with van der Waals surface area (Å²) in [7, 11) is 0. The molecule has 0 radical (unpaired) electrons. The monoisotopic (exact) mass is 235 g/mol. The molecule has 0 aromatic heterocycles. The number of aliphatic hydroxyl groups is 1. The molecule has 2 N–H and O–H groups in total. The lowest BCUT2D eigenvalue weighted by Gasteiger charge is -2.10. The lowest BCUT2D eigenvalue weighted by atomic mass is 10.0. The predicted molar refractivity (Wildman–Crippen MR) is 68.9 cm³/mol. The number of carbonyl (C=O) groups excluding carboxylic acids is 1. The Hall–Kier alpha value is -1.35. The van der Waals surface area contributed by atoms with Gasteiger partial charge < -0.3 is 10.4 Å². The van der Waals surface area contributed by atoms with E-state index in [-0.39, 0.29) is 5.91 Å². The zero-order valence-corrected chi connectivity index (χ0v) is 10.8. The predicted octanol–water partition coefficient (Wildman–Crippen LogP) is 1.73. The molecular formula is C14H21NO2. The molecule has 94 valence electrons. The minimum Gasteiger partial charge on any atom is -0.391 e. The van der Waals surface area contributed by atoms with Gasteiger partial charge in [0.1, 0.15) is 0 Å². The summed E-state index contributed by atoms with van der Waals surface area (Å²) in [5.41, 5.74) is 3.44. The van der Waals surface area contributed by atoms with Crippen molar-refractivity contribution in [3.8, 4) is 0 Å². The third-order valence-corrected chi connectivity index (χ3v) is 2.94. The minimum atomic E-state index is -0.446. The smallest absolute Gasteiger partial charge is 0.224 e. The minimum absolute atomic E-state index is 0.0410. The molecule has 0 fully saturated rings. The summed E-state index contributed by atoms with van der Waals surface area (Å²) in [5.74, 6) is -0.0410. The van der Waals surface area contributed by atoms with E-state index in [4.69, 9.17) is 0 Å². The molecule has 1 aromatic carbocycles. The van der Waals surface area contributed by atoms with Gasteiger partial charge in [0.05, 0.1) is 12.5 Å². The standard InChI is InChI=1S/C14H21NO2/c1-4-13(16)9-15-14(17)8-12-6-5-10(2)11(3)7-12/h5-7,13,16H,4,8-9H2,1-3H3,(H,15,17). The van der Waals surface area contributed by atoms with Crippen molar-refractivity contribution >= 4 is 5.91 Å². The van der Waals surface area contributed by atoms with E-state index in [0.717, 1.165) is 5.56 Å². The van der Waals surface area contributed by atoms with Crippen LogP contribution in [0.15, 0.2) is 18.2 Å². The molecule has 0 aliphatic rings. The Balaban J connectivity index is 2.48. The summed E-state index contributed by atoms with van der Waals surface area (Å²) in [4.78, 5) is 11.6. The van der Waals surface area contributed by atoms with Gasteiger partial charge in [0, 0.05) is 6.54 Å². The number of nitrogens with one attached hydrogen (secondary N) is 1. The molecule has 0 heterocycles. The van der Waals surface area contributed by atoms with Gasteiger partial charge in [0.15, 0.2) is 0 Å². The van der Waals surface area contributed by atoms with Crippen LogP contribution >= 0.6 is 0 Å². The molecule has 1 aromatic rings. The second-order valence-electron chi connectivity index (χ2n) is 4.46. The van der Waals surface area contributed by atoms with Crippen LogP contribution in [0.2, 0.25) is 0 Å². The molecule has 1 unspecified atom stereocenters. The Morgan fingerprint density at radius 3 is 2.65 bits per heavy atom. The van der Waals surface area contributed by atoms with Crippen molar-refractivity contribution in [2.24, 2.45) is 0 Å². The largest absolute Gasteiger partial charge is 0.391 e. The molecule has 0 saturated heterocycles. The number of rotatable bonds is 5. The van der Waals surface area contributed by atoms with Gasteiger partial charge >= 0.3 is 0 Å². The highest BCUT2D eigenvalue weighted by Gasteiger charge is 2.06. The zero-order chi connectivity index (χ0) is 12.8. The van der Waals surface area contributed by atoms with E-state index in [2.05, 4.69) is 12.2 Å². The van der Waals surface area contributed by atoms with Crippen molar-refractivity contribution in [1.82, 2.24) is 5.32 Å². The number of hydrogen-bond acceptors (Lipinski definition) is 2. The molecule has 1 rings (SSSR count). The Morgan fingerprint density at radius 2 is 2.06 bits per heavy atom. The third kappa shape index (κ3) is 4.57. The lowest BCUT2D eigenvalue weighted by molar-refractivity contribution is -0.120. The third-order valence-electron chi connectivity index (χ3n) is 2.94. The Kier molecular flexibility index (Phi) is 5.16. The van der Waals surface area contributed by atoms with Gasteiger partial charge in [0.2, 0.25) is 5.91 Å². The summed E-state index contributed by atoms with van der Waals surface area (Å²) >= 11 is 0. The van der Waals surface area contributed by atoms with E-state index < -0.39 is 6.10 Å². The molecule has 0 aliphatic carbocycles. The number of aryl methyl sites for hydroxylation is 2. The van der Waals surface area contributed by atoms with Crippen molar-refractivity contribution in [3.05, 3.63) is 34.9 Å². The molecule has 1 atom stereocenters. The Morgan fingerprint density at radius 1 is 1.35 bits per heavy atom. The lowest BCUT2D eigenvalue weighted by Crippen LogP contribution is -2.32. The number of hydrogen-bond donors (Lipinski definition) is 2. The fourth-order valence-corrected chi connectivity index (χ4v) is 1.54. The number of amides is 1. The zero-order valence-electron chi connectivity index (χ0n) is 10.8. The van der Waals surface area contributed by atoms with Crippen LogP contribution in [-0.2, 0) is 11.2 Å². The highest BCUT2D eigenvalue weighted by atomic mass is 16.3. The summed E-state index contributed by atoms with van der Waals surface area (Å²) in [6.45, 7) is 6.31. The maximum absolute atomic E-state index is 11.6. The van der Waals surface area contributed by atoms with Gasteiger partial charge in [-0.2, -0.15) is 0 Å². The first-order valence-electron chi connectivity index (χ1n) is 6.03. The first-order valence-corrected chi connectivity index (χ1v) is 6.03. The molecule has 17 heavy (non-hydrogen) atoms. The van der Waals surface area contributed by atoms with Crippen LogP contribution in [0.1, 0.15) is 30.0 Å². The molecule has 1 amide bonds. The highest BCUT2D eigenvalue weighted by Crippen LogP contribution is 2.10. The van der Waals surface area contributed by atoms with E-state index in [1.807, 2.05) is 32.0 Å². The van der Waals surface area contributed by atoms with E-state index in [1.165, 1.54) is 11.1 Å². The van der Waals surface area contributed by atoms with E-state index in [0.29, 0.717) is 19.4 Å². The molecule has 0 aliphatic heterocycles. The average molecular weight is 235 g/mol. The Bertz CT molecular complexity index is 388. The van der Waals surface area contributed by atoms with E-state index in [9.17, 15) is 9.90 Å². The summed E-state index contributed by atoms with van der Waals surface area (Å²) in [6, 6.07) is 6.03. The van der Waals surface area contributed by atoms with Gasteiger partial charge in [-0.25, -0.2) is 0 Å². The highest BCUT2D eigenvalue weighted by molar-refractivity contribution is 5.78. The van der Waals surface area contributed by atoms with E-state index in [1.54, 1.807) is 0 Å². The van der Waals surface area contributed by atoms with Crippen LogP contribution in [0, 0.1) is 13.8 Å². The van der Waals surface area contributed by atoms with Crippen molar-refractivity contribution in [2.75, 3.05) is 6.54 Å². The number of benzene rings is 1. The molecular weight excluding hydrogens is 214 g/mol. The van der Waals surface area contributed by atoms with Crippen molar-refractivity contribution < 1.29 is 9.90 Å². The average Bonchev–Trinajstić information content (AvgIpc) is 2.31. The quantitative estimate of drug-likeness (QED) is 0.816. The van der Waals surface area contributed by atoms with Gasteiger partial charge in [-0.1, -0.05) is 25.1 Å². The van der Waals surface area contributed by atoms with Crippen molar-refractivity contribution in [1.29, 1.82) is 0 Å². The van der Waals surface area contributed by atoms with Crippen LogP contribution in [0.5, 0.6) is 0 Å². The maximum atomic E-state index is 11.6. The van der Waals surface area contributed by atoms with Crippen LogP contribution in [0.3, 0.4) is 0 Å². The molecule has 0 spiro atoms. The second-order valence-corrected chi connectivity index (χ2v) is 4.46. The van der Waals surface area contributed by atoms with Crippen LogP contribution < -0.4 is 5.32 Å². The fourth-order valence-electron chi connectivity index (χ4n) is 1.54. The molecule has 0 saturated carbocycles. The van der Waals surface area contributed by atoms with Gasteiger partial charge in [-0.05, 0) is 37.0 Å². The Labute approximate surface area is 103 Å².